The molecule has 1 N–H and O–H groups in total. The molecule has 9 heteroatoms. The van der Waals surface area contributed by atoms with Gasteiger partial charge in [-0.15, -0.1) is 0 Å². The van der Waals surface area contributed by atoms with E-state index in [1.807, 2.05) is 37.3 Å². The van der Waals surface area contributed by atoms with Gasteiger partial charge in [0.15, 0.2) is 0 Å². The molecule has 43 heavy (non-hydrogen) atoms. The van der Waals surface area contributed by atoms with E-state index in [2.05, 4.69) is 21.8 Å². The van der Waals surface area contributed by atoms with Crippen LogP contribution in [0.3, 0.4) is 0 Å². The second-order valence-corrected chi connectivity index (χ2v) is 15.2. The minimum Gasteiger partial charge on any atom is -0.487 e. The zero-order valence-electron chi connectivity index (χ0n) is 25.1. The fraction of sp³-hybridized carbons (Fsp3) is 0.559. The molecule has 2 aromatic carbocycles. The zero-order valence-corrected chi connectivity index (χ0v) is 26.7. The van der Waals surface area contributed by atoms with Crippen molar-refractivity contribution in [2.75, 3.05) is 25.1 Å². The maximum absolute atomic E-state index is 13.7. The molecule has 5 atom stereocenters. The van der Waals surface area contributed by atoms with E-state index in [1.54, 1.807) is 13.2 Å². The van der Waals surface area contributed by atoms with Gasteiger partial charge < -0.3 is 14.4 Å². The zero-order chi connectivity index (χ0) is 30.1. The summed E-state index contributed by atoms with van der Waals surface area (Å²) in [7, 11) is -2.11. The predicted octanol–water partition coefficient (Wildman–Crippen LogP) is 6.54. The molecule has 0 aromatic heterocycles. The second kappa shape index (κ2) is 12.8. The van der Waals surface area contributed by atoms with Gasteiger partial charge in [-0.05, 0) is 116 Å². The highest BCUT2D eigenvalue weighted by atomic mass is 35.5. The number of ether oxygens (including phenoxy) is 2. The molecule has 1 amide bonds. The number of sulfonamides is 1. The summed E-state index contributed by atoms with van der Waals surface area (Å²) in [5.74, 6) is 0.880. The van der Waals surface area contributed by atoms with E-state index in [9.17, 15) is 13.2 Å². The number of halogens is 1. The van der Waals surface area contributed by atoms with Crippen LogP contribution in [0.1, 0.15) is 73.4 Å². The SMILES string of the molecule is CO[C@H]1/C=C/C[C@H](C)[C@@H](C2CC2)S(=O)(=O)NC(=O)c2ccc3c(c2)N(CCCCc2cc(Cl)ccc2CO3)C[C@@H]2CC[C@H]21. The van der Waals surface area contributed by atoms with Crippen LogP contribution >= 0.6 is 11.6 Å². The number of nitrogens with one attached hydrogen (secondary N) is 1. The Hall–Kier alpha value is -2.55. The third-order valence-corrected chi connectivity index (χ3v) is 12.2. The third-order valence-electron chi connectivity index (χ3n) is 9.94. The number of aryl methyl sites for hydroxylation is 1. The van der Waals surface area contributed by atoms with Crippen molar-refractivity contribution in [2.24, 2.45) is 23.7 Å². The van der Waals surface area contributed by atoms with Gasteiger partial charge in [-0.2, -0.15) is 0 Å². The van der Waals surface area contributed by atoms with Crippen molar-refractivity contribution in [1.82, 2.24) is 4.72 Å². The number of methoxy groups -OCH3 is 1. The van der Waals surface area contributed by atoms with E-state index in [1.165, 1.54) is 5.56 Å². The maximum Gasteiger partial charge on any atom is 0.264 e. The van der Waals surface area contributed by atoms with Crippen LogP contribution in [0.5, 0.6) is 5.75 Å². The van der Waals surface area contributed by atoms with Gasteiger partial charge in [0.2, 0.25) is 10.0 Å². The lowest BCUT2D eigenvalue weighted by molar-refractivity contribution is 0.0134. The lowest BCUT2D eigenvalue weighted by atomic mass is 9.70. The summed E-state index contributed by atoms with van der Waals surface area (Å²) in [6.45, 7) is 3.98. The summed E-state index contributed by atoms with van der Waals surface area (Å²) in [6, 6.07) is 11.3. The highest BCUT2D eigenvalue weighted by Gasteiger charge is 2.44. The van der Waals surface area contributed by atoms with E-state index < -0.39 is 21.2 Å². The van der Waals surface area contributed by atoms with Crippen molar-refractivity contribution in [1.29, 1.82) is 0 Å². The van der Waals surface area contributed by atoms with Gasteiger partial charge in [-0.3, -0.25) is 4.79 Å². The number of benzene rings is 2. The van der Waals surface area contributed by atoms with Crippen LogP contribution in [0.2, 0.25) is 5.02 Å². The van der Waals surface area contributed by atoms with Gasteiger partial charge in [0.05, 0.1) is 17.0 Å². The Morgan fingerprint density at radius 1 is 1.02 bits per heavy atom. The lowest BCUT2D eigenvalue weighted by Gasteiger charge is -2.43. The number of anilines is 1. The first-order chi connectivity index (χ1) is 20.7. The molecular weight excluding hydrogens is 584 g/mol. The second-order valence-electron chi connectivity index (χ2n) is 12.9. The maximum atomic E-state index is 13.7. The molecule has 0 spiro atoms. The largest absolute Gasteiger partial charge is 0.487 e. The number of amides is 1. The van der Waals surface area contributed by atoms with E-state index in [-0.39, 0.29) is 17.9 Å². The molecule has 0 unspecified atom stereocenters. The molecule has 7 nitrogen and oxygen atoms in total. The van der Waals surface area contributed by atoms with Crippen molar-refractivity contribution in [3.63, 3.8) is 0 Å². The molecule has 2 aromatic rings. The Balaban J connectivity index is 1.39. The first-order valence-electron chi connectivity index (χ1n) is 15.8. The van der Waals surface area contributed by atoms with Gasteiger partial charge in [-0.1, -0.05) is 36.7 Å². The van der Waals surface area contributed by atoms with Crippen molar-refractivity contribution >= 4 is 33.2 Å². The summed E-state index contributed by atoms with van der Waals surface area (Å²) in [4.78, 5) is 15.9. The predicted molar refractivity (Wildman–Crippen MR) is 170 cm³/mol. The number of nitrogens with zero attached hydrogens (tertiary/aromatic N) is 1. The molecule has 4 aliphatic rings. The Labute approximate surface area is 261 Å². The summed E-state index contributed by atoms with van der Waals surface area (Å²) in [5, 5.41) is 0.113. The first kappa shape index (κ1) is 30.5. The Morgan fingerprint density at radius 3 is 2.58 bits per heavy atom. The van der Waals surface area contributed by atoms with Gasteiger partial charge in [-0.25, -0.2) is 13.1 Å². The Morgan fingerprint density at radius 2 is 1.84 bits per heavy atom. The van der Waals surface area contributed by atoms with E-state index in [0.29, 0.717) is 36.2 Å². The Kier molecular flexibility index (Phi) is 9.09. The highest BCUT2D eigenvalue weighted by molar-refractivity contribution is 7.90. The number of fused-ring (bicyclic) bond motifs is 3. The normalized spacial score (nSPS) is 30.3. The van der Waals surface area contributed by atoms with E-state index in [0.717, 1.165) is 74.3 Å². The van der Waals surface area contributed by atoms with Crippen LogP contribution in [0, 0.1) is 23.7 Å². The van der Waals surface area contributed by atoms with Crippen LogP contribution < -0.4 is 14.4 Å². The highest BCUT2D eigenvalue weighted by Crippen LogP contribution is 2.43. The summed E-state index contributed by atoms with van der Waals surface area (Å²) < 4.78 is 42.2. The van der Waals surface area contributed by atoms with Crippen LogP contribution in [-0.4, -0.2) is 45.9 Å². The summed E-state index contributed by atoms with van der Waals surface area (Å²) in [6.07, 6.45) is 11.7. The van der Waals surface area contributed by atoms with Gasteiger partial charge in [0.1, 0.15) is 12.4 Å². The lowest BCUT2D eigenvalue weighted by Crippen LogP contribution is -2.44. The van der Waals surface area contributed by atoms with Crippen molar-refractivity contribution in [3.05, 3.63) is 70.3 Å². The third kappa shape index (κ3) is 6.76. The Bertz CT molecular complexity index is 1470. The summed E-state index contributed by atoms with van der Waals surface area (Å²) >= 11 is 6.33. The fourth-order valence-electron chi connectivity index (χ4n) is 7.28. The molecule has 2 saturated carbocycles. The van der Waals surface area contributed by atoms with E-state index in [4.69, 9.17) is 21.1 Å². The van der Waals surface area contributed by atoms with Crippen LogP contribution in [0.4, 0.5) is 5.69 Å². The molecule has 2 heterocycles. The first-order valence-corrected chi connectivity index (χ1v) is 17.7. The fourth-order valence-corrected chi connectivity index (χ4v) is 9.49. The molecule has 0 saturated heterocycles. The van der Waals surface area contributed by atoms with Crippen molar-refractivity contribution in [2.45, 2.75) is 76.3 Å². The smallest absolute Gasteiger partial charge is 0.264 e. The number of allylic oxidation sites excluding steroid dienone is 1. The number of carbonyl (C=O) groups excluding carboxylic acids is 1. The topological polar surface area (TPSA) is 84.9 Å². The minimum atomic E-state index is -3.88. The molecule has 2 aliphatic heterocycles. The molecule has 0 radical (unpaired) electrons. The summed E-state index contributed by atoms with van der Waals surface area (Å²) in [5.41, 5.74) is 3.45. The van der Waals surface area contributed by atoms with Crippen LogP contribution in [-0.2, 0) is 27.8 Å². The molecule has 2 bridgehead atoms. The van der Waals surface area contributed by atoms with Crippen LogP contribution in [0.25, 0.3) is 0 Å². The number of hydrogen-bond acceptors (Lipinski definition) is 6. The standard InChI is InChI=1S/C34H43ClN2O5S/c1-22-6-5-8-31(41-2)29-15-12-26(29)20-37-17-4-3-7-24-18-28(35)14-11-27(24)21-42-32-16-13-25(19-30(32)37)34(38)36-43(39,40)33(22)23-9-10-23/h5,8,11,13-14,16,18-19,22-23,26,29,31,33H,3-4,6-7,9-10,12,15,17,20-21H2,1-2H3,(H,36,38)/b8-5+/t22-,26-,29+,31-,33-/m0/s1. The quantitative estimate of drug-likeness (QED) is 0.381. The van der Waals surface area contributed by atoms with Gasteiger partial charge >= 0.3 is 0 Å². The van der Waals surface area contributed by atoms with Crippen molar-refractivity contribution < 1.29 is 22.7 Å². The number of carbonyl (C=O) groups is 1. The van der Waals surface area contributed by atoms with Crippen LogP contribution in [0.15, 0.2) is 48.6 Å². The molecule has 2 fully saturated rings. The van der Waals surface area contributed by atoms with E-state index >= 15 is 0 Å². The number of rotatable bonds is 2. The average Bonchev–Trinajstić information content (AvgIpc) is 3.79. The van der Waals surface area contributed by atoms with Gasteiger partial charge in [0.25, 0.3) is 5.91 Å². The number of hydrogen-bond donors (Lipinski definition) is 1. The minimum absolute atomic E-state index is 0.0141. The van der Waals surface area contributed by atoms with Gasteiger partial charge in [0, 0.05) is 30.8 Å². The molecule has 232 valence electrons. The van der Waals surface area contributed by atoms with Crippen molar-refractivity contribution in [3.8, 4) is 5.75 Å². The molecule has 2 aliphatic carbocycles. The average molecular weight is 627 g/mol. The molecular formula is C34H43ClN2O5S. The molecule has 6 rings (SSSR count). The monoisotopic (exact) mass is 626 g/mol.